The van der Waals surface area contributed by atoms with Gasteiger partial charge in [0.25, 0.3) is 5.56 Å². The summed E-state index contributed by atoms with van der Waals surface area (Å²) in [6.07, 6.45) is 0.606. The number of hydrogen-bond donors (Lipinski definition) is 1. The van der Waals surface area contributed by atoms with Gasteiger partial charge in [-0.1, -0.05) is 66.2 Å². The Kier molecular flexibility index (Phi) is 5.38. The van der Waals surface area contributed by atoms with Gasteiger partial charge in [-0.25, -0.2) is 4.68 Å². The maximum absolute atomic E-state index is 13.6. The molecule has 0 aliphatic heterocycles. The number of para-hydroxylation sites is 2. The second-order valence-electron chi connectivity index (χ2n) is 7.93. The summed E-state index contributed by atoms with van der Waals surface area (Å²) in [6, 6.07) is 29.5. The molecule has 32 heavy (non-hydrogen) atoms. The first-order valence-corrected chi connectivity index (χ1v) is 10.9. The average Bonchev–Trinajstić information content (AvgIpc) is 3.12. The number of aryl methyl sites for hydroxylation is 1. The van der Waals surface area contributed by atoms with E-state index in [1.165, 1.54) is 0 Å². The van der Waals surface area contributed by atoms with E-state index in [0.717, 1.165) is 39.1 Å². The van der Waals surface area contributed by atoms with Crippen LogP contribution in [0.15, 0.2) is 95.8 Å². The average molecular weight is 440 g/mol. The van der Waals surface area contributed by atoms with Gasteiger partial charge in [0.05, 0.1) is 11.2 Å². The molecule has 0 radical (unpaired) electrons. The van der Waals surface area contributed by atoms with Gasteiger partial charge in [0.1, 0.15) is 0 Å². The first kappa shape index (κ1) is 20.3. The lowest BCUT2D eigenvalue weighted by Gasteiger charge is -2.17. The van der Waals surface area contributed by atoms with Crippen LogP contribution in [0.25, 0.3) is 16.6 Å². The fourth-order valence-corrected chi connectivity index (χ4v) is 4.37. The van der Waals surface area contributed by atoms with Crippen LogP contribution in [0.2, 0.25) is 5.02 Å². The number of hydrogen-bond acceptors (Lipinski definition) is 2. The first-order chi connectivity index (χ1) is 15.6. The Labute approximate surface area is 191 Å². The predicted molar refractivity (Wildman–Crippen MR) is 130 cm³/mol. The summed E-state index contributed by atoms with van der Waals surface area (Å²) in [4.78, 5) is 18.4. The molecule has 0 saturated heterocycles. The molecule has 1 atom stereocenters. The lowest BCUT2D eigenvalue weighted by molar-refractivity contribution is 0.772. The van der Waals surface area contributed by atoms with Gasteiger partial charge in [0, 0.05) is 39.7 Å². The Hall–Kier alpha value is -3.63. The number of aromatic nitrogens is 3. The molecular weight excluding hydrogens is 418 g/mol. The number of nitrogens with one attached hydrogen (secondary N) is 1. The molecule has 2 aromatic heterocycles. The standard InChI is InChI=1S/C27H22ClN3O/c1-18-26(27(32)31(30-18)23-8-3-2-4-9-23)24(19-11-14-21(28)15-12-19)17-22-16-13-20-7-5-6-10-25(20)29-22/h2-16,24,30H,17H2,1H3. The zero-order valence-corrected chi connectivity index (χ0v) is 18.4. The van der Waals surface area contributed by atoms with E-state index in [9.17, 15) is 4.79 Å². The predicted octanol–water partition coefficient (Wildman–Crippen LogP) is 6.05. The van der Waals surface area contributed by atoms with E-state index < -0.39 is 0 Å². The number of aromatic amines is 1. The molecule has 4 nitrogen and oxygen atoms in total. The van der Waals surface area contributed by atoms with Gasteiger partial charge in [-0.3, -0.25) is 14.9 Å². The molecule has 3 aromatic carbocycles. The molecule has 0 saturated carbocycles. The highest BCUT2D eigenvalue weighted by atomic mass is 35.5. The van der Waals surface area contributed by atoms with Crippen molar-refractivity contribution in [2.45, 2.75) is 19.3 Å². The maximum Gasteiger partial charge on any atom is 0.275 e. The van der Waals surface area contributed by atoms with Crippen molar-refractivity contribution in [1.29, 1.82) is 0 Å². The van der Waals surface area contributed by atoms with Crippen molar-refractivity contribution in [2.75, 3.05) is 0 Å². The van der Waals surface area contributed by atoms with Gasteiger partial charge < -0.3 is 0 Å². The third-order valence-electron chi connectivity index (χ3n) is 5.82. The number of fused-ring (bicyclic) bond motifs is 1. The van der Waals surface area contributed by atoms with Crippen LogP contribution in [0.5, 0.6) is 0 Å². The molecule has 158 valence electrons. The van der Waals surface area contributed by atoms with Gasteiger partial charge in [-0.2, -0.15) is 0 Å². The van der Waals surface area contributed by atoms with Crippen molar-refractivity contribution >= 4 is 22.5 Å². The topological polar surface area (TPSA) is 50.7 Å². The largest absolute Gasteiger partial charge is 0.295 e. The zero-order valence-electron chi connectivity index (χ0n) is 17.6. The van der Waals surface area contributed by atoms with Crippen LogP contribution < -0.4 is 5.56 Å². The highest BCUT2D eigenvalue weighted by molar-refractivity contribution is 6.30. The normalized spacial score (nSPS) is 12.2. The second kappa shape index (κ2) is 8.48. The van der Waals surface area contributed by atoms with Crippen LogP contribution in [0, 0.1) is 6.92 Å². The van der Waals surface area contributed by atoms with Crippen LogP contribution in [0.3, 0.4) is 0 Å². The minimum absolute atomic E-state index is 0.0468. The molecule has 0 spiro atoms. The van der Waals surface area contributed by atoms with E-state index in [4.69, 9.17) is 16.6 Å². The molecule has 1 N–H and O–H groups in total. The summed E-state index contributed by atoms with van der Waals surface area (Å²) < 4.78 is 1.61. The molecular formula is C27H22ClN3O. The van der Waals surface area contributed by atoms with Crippen molar-refractivity contribution in [1.82, 2.24) is 14.8 Å². The Balaban J connectivity index is 1.63. The fraction of sp³-hybridized carbons (Fsp3) is 0.111. The number of rotatable bonds is 5. The Morgan fingerprint density at radius 2 is 1.62 bits per heavy atom. The summed E-state index contributed by atoms with van der Waals surface area (Å²) in [5.74, 6) is -0.158. The molecule has 2 heterocycles. The lowest BCUT2D eigenvalue weighted by Crippen LogP contribution is -2.21. The van der Waals surface area contributed by atoms with Gasteiger partial charge >= 0.3 is 0 Å². The van der Waals surface area contributed by atoms with E-state index in [1.54, 1.807) is 4.68 Å². The van der Waals surface area contributed by atoms with Crippen molar-refractivity contribution in [3.63, 3.8) is 0 Å². The quantitative estimate of drug-likeness (QED) is 0.362. The van der Waals surface area contributed by atoms with Crippen molar-refractivity contribution < 1.29 is 0 Å². The van der Waals surface area contributed by atoms with E-state index in [-0.39, 0.29) is 11.5 Å². The van der Waals surface area contributed by atoms with Crippen molar-refractivity contribution in [3.05, 3.63) is 129 Å². The lowest BCUT2D eigenvalue weighted by atomic mass is 9.87. The number of nitrogens with zero attached hydrogens (tertiary/aromatic N) is 2. The molecule has 0 aliphatic rings. The summed E-state index contributed by atoms with van der Waals surface area (Å²) in [5, 5.41) is 5.03. The van der Waals surface area contributed by atoms with Gasteiger partial charge in [0.15, 0.2) is 0 Å². The number of H-pyrrole nitrogens is 1. The van der Waals surface area contributed by atoms with Gasteiger partial charge in [-0.05, 0) is 48.9 Å². The van der Waals surface area contributed by atoms with E-state index in [2.05, 4.69) is 17.2 Å². The highest BCUT2D eigenvalue weighted by Gasteiger charge is 2.24. The molecule has 5 heteroatoms. The molecule has 1 unspecified atom stereocenters. The first-order valence-electron chi connectivity index (χ1n) is 10.6. The Morgan fingerprint density at radius 1 is 0.906 bits per heavy atom. The van der Waals surface area contributed by atoms with Crippen LogP contribution in [0.4, 0.5) is 0 Å². The molecule has 5 aromatic rings. The zero-order chi connectivity index (χ0) is 22.1. The Bertz CT molecular complexity index is 1440. The third kappa shape index (κ3) is 3.85. The minimum atomic E-state index is -0.158. The summed E-state index contributed by atoms with van der Waals surface area (Å²) >= 11 is 6.15. The summed E-state index contributed by atoms with van der Waals surface area (Å²) in [5.41, 5.74) is 5.27. The molecule has 5 rings (SSSR count). The second-order valence-corrected chi connectivity index (χ2v) is 8.37. The summed E-state index contributed by atoms with van der Waals surface area (Å²) in [6.45, 7) is 1.95. The van der Waals surface area contributed by atoms with E-state index in [0.29, 0.717) is 11.4 Å². The van der Waals surface area contributed by atoms with Crippen molar-refractivity contribution in [3.8, 4) is 5.69 Å². The van der Waals surface area contributed by atoms with Gasteiger partial charge in [0.2, 0.25) is 0 Å². The van der Waals surface area contributed by atoms with Crippen LogP contribution in [-0.4, -0.2) is 14.8 Å². The van der Waals surface area contributed by atoms with Crippen LogP contribution in [0.1, 0.15) is 28.4 Å². The van der Waals surface area contributed by atoms with E-state index in [1.807, 2.05) is 85.8 Å². The summed E-state index contributed by atoms with van der Waals surface area (Å²) in [7, 11) is 0. The van der Waals surface area contributed by atoms with Gasteiger partial charge in [-0.15, -0.1) is 0 Å². The monoisotopic (exact) mass is 439 g/mol. The maximum atomic E-state index is 13.6. The molecule has 0 fully saturated rings. The number of halogens is 1. The van der Waals surface area contributed by atoms with E-state index >= 15 is 0 Å². The Morgan fingerprint density at radius 3 is 2.41 bits per heavy atom. The van der Waals surface area contributed by atoms with Crippen molar-refractivity contribution in [2.24, 2.45) is 0 Å². The molecule has 0 amide bonds. The smallest absolute Gasteiger partial charge is 0.275 e. The SMILES string of the molecule is Cc1[nH]n(-c2ccccc2)c(=O)c1C(Cc1ccc2ccccc2n1)c1ccc(Cl)cc1. The minimum Gasteiger partial charge on any atom is -0.295 e. The van der Waals surface area contributed by atoms with Crippen LogP contribution in [-0.2, 0) is 6.42 Å². The molecule has 0 aliphatic carbocycles. The number of pyridine rings is 1. The third-order valence-corrected chi connectivity index (χ3v) is 6.07. The molecule has 0 bridgehead atoms. The number of benzene rings is 3. The fourth-order valence-electron chi connectivity index (χ4n) is 4.24. The highest BCUT2D eigenvalue weighted by Crippen LogP contribution is 2.30. The van der Waals surface area contributed by atoms with Crippen LogP contribution >= 0.6 is 11.6 Å².